The van der Waals surface area contributed by atoms with Crippen molar-refractivity contribution in [2.24, 2.45) is 0 Å². The lowest BCUT2D eigenvalue weighted by atomic mass is 10.0. The van der Waals surface area contributed by atoms with Gasteiger partial charge in [-0.3, -0.25) is 4.79 Å². The van der Waals surface area contributed by atoms with Crippen molar-refractivity contribution in [2.75, 3.05) is 6.61 Å². The van der Waals surface area contributed by atoms with Crippen LogP contribution in [-0.2, 0) is 4.79 Å². The Hall–Kier alpha value is -3.99. The zero-order valence-electron chi connectivity index (χ0n) is 54.4. The number of rotatable bonds is 63. The standard InChI is InChI=1S/C79H133NO3/c1-3-5-7-9-11-13-15-17-19-21-23-25-27-29-31-33-35-37-38-39-40-41-42-43-45-47-49-51-53-55-57-59-61-63-65-67-69-71-73-75-79(83)80-77(76-81)78(82)74-72-70-68-66-64-62-60-58-56-54-52-50-48-46-44-36-34-32-30-28-26-24-22-20-18-16-14-12-10-8-6-4-2/h5,7,11,13,17,19,23,25,29,31,35,37,39-40,42-43,47,49,53,55,59,61,65,67,72,74,77-78,81-82H,3-4,6,8-10,12,14-16,18,20-22,24,26-28,30,32-34,36,38,41,44-46,48,50-52,54,56-58,60,62-64,66,68-71,73,75-76H2,1-2H3,(H,80,83)/b7-5-,13-11-,19-17-,25-23-,31-29-,37-35-,40-39-,43-42-,49-47-,55-53-,61-59-,67-65-,74-72+. The van der Waals surface area contributed by atoms with E-state index < -0.39 is 12.1 Å². The van der Waals surface area contributed by atoms with Gasteiger partial charge < -0.3 is 15.5 Å². The Morgan fingerprint density at radius 2 is 0.530 bits per heavy atom. The van der Waals surface area contributed by atoms with Gasteiger partial charge >= 0.3 is 0 Å². The van der Waals surface area contributed by atoms with E-state index in [1.807, 2.05) is 6.08 Å². The van der Waals surface area contributed by atoms with Crippen LogP contribution in [0.15, 0.2) is 158 Å². The lowest BCUT2D eigenvalue weighted by Crippen LogP contribution is -2.45. The van der Waals surface area contributed by atoms with Crippen LogP contribution in [0.3, 0.4) is 0 Å². The molecule has 0 aromatic carbocycles. The Morgan fingerprint density at radius 1 is 0.301 bits per heavy atom. The second-order valence-corrected chi connectivity index (χ2v) is 23.2. The average molecular weight is 1140 g/mol. The van der Waals surface area contributed by atoms with Crippen molar-refractivity contribution in [3.05, 3.63) is 158 Å². The molecule has 0 aliphatic carbocycles. The minimum absolute atomic E-state index is 0.109. The van der Waals surface area contributed by atoms with E-state index in [9.17, 15) is 15.0 Å². The number of aliphatic hydroxyl groups is 2. The predicted molar refractivity (Wildman–Crippen MR) is 372 cm³/mol. The largest absolute Gasteiger partial charge is 0.394 e. The van der Waals surface area contributed by atoms with E-state index in [-0.39, 0.29) is 12.5 Å². The summed E-state index contributed by atoms with van der Waals surface area (Å²) in [5.74, 6) is -0.109. The zero-order valence-corrected chi connectivity index (χ0v) is 54.4. The highest BCUT2D eigenvalue weighted by atomic mass is 16.3. The van der Waals surface area contributed by atoms with Crippen molar-refractivity contribution in [1.29, 1.82) is 0 Å². The molecule has 0 bridgehead atoms. The Labute approximate surface area is 516 Å². The highest BCUT2D eigenvalue weighted by Gasteiger charge is 2.18. The van der Waals surface area contributed by atoms with Crippen molar-refractivity contribution in [1.82, 2.24) is 5.32 Å². The molecule has 0 fully saturated rings. The van der Waals surface area contributed by atoms with E-state index in [1.165, 1.54) is 186 Å². The van der Waals surface area contributed by atoms with Gasteiger partial charge in [-0.2, -0.15) is 0 Å². The Morgan fingerprint density at radius 3 is 0.795 bits per heavy atom. The van der Waals surface area contributed by atoms with Gasteiger partial charge in [-0.1, -0.05) is 358 Å². The maximum atomic E-state index is 12.5. The number of carbonyl (C=O) groups excluding carboxylic acids is 1. The first kappa shape index (κ1) is 79.0. The molecule has 2 atom stereocenters. The fourth-order valence-corrected chi connectivity index (χ4v) is 9.99. The summed E-state index contributed by atoms with van der Waals surface area (Å²) in [5, 5.41) is 23.3. The molecule has 1 amide bonds. The van der Waals surface area contributed by atoms with Crippen molar-refractivity contribution in [2.45, 2.75) is 328 Å². The zero-order chi connectivity index (χ0) is 59.8. The van der Waals surface area contributed by atoms with Crippen molar-refractivity contribution in [3.8, 4) is 0 Å². The highest BCUT2D eigenvalue weighted by molar-refractivity contribution is 5.76. The second-order valence-electron chi connectivity index (χ2n) is 23.2. The van der Waals surface area contributed by atoms with Crippen LogP contribution < -0.4 is 5.32 Å². The van der Waals surface area contributed by atoms with Crippen molar-refractivity contribution < 1.29 is 15.0 Å². The first-order valence-corrected chi connectivity index (χ1v) is 35.2. The molecule has 0 spiro atoms. The summed E-state index contributed by atoms with van der Waals surface area (Å²) in [5.41, 5.74) is 0. The SMILES string of the molecule is CC/C=C\C/C=C\C/C=C\C/C=C\C/C=C\C/C=C\C/C=C\C/C=C\C/C=C\C/C=C\C/C=C\C/C=C\CCCCC(=O)NC(CO)C(O)/C=C/CCCCCCCCCCCCCCCCCCCCCCCCCCCCCCCC. The lowest BCUT2D eigenvalue weighted by Gasteiger charge is -2.19. The summed E-state index contributed by atoms with van der Waals surface area (Å²) >= 11 is 0. The maximum absolute atomic E-state index is 12.5. The highest BCUT2D eigenvalue weighted by Crippen LogP contribution is 2.17. The van der Waals surface area contributed by atoms with E-state index in [4.69, 9.17) is 0 Å². The molecule has 0 saturated heterocycles. The van der Waals surface area contributed by atoms with Gasteiger partial charge in [0.15, 0.2) is 0 Å². The molecule has 0 radical (unpaired) electrons. The normalized spacial score (nSPS) is 13.7. The molecule has 0 heterocycles. The molecule has 4 nitrogen and oxygen atoms in total. The van der Waals surface area contributed by atoms with Crippen LogP contribution in [0, 0.1) is 0 Å². The molecular formula is C79H133NO3. The first-order chi connectivity index (χ1) is 41.2. The van der Waals surface area contributed by atoms with E-state index in [1.54, 1.807) is 6.08 Å². The van der Waals surface area contributed by atoms with Crippen molar-refractivity contribution in [3.63, 3.8) is 0 Å². The maximum Gasteiger partial charge on any atom is 0.220 e. The van der Waals surface area contributed by atoms with Crippen LogP contribution in [0.4, 0.5) is 0 Å². The van der Waals surface area contributed by atoms with Crippen LogP contribution in [0.2, 0.25) is 0 Å². The van der Waals surface area contributed by atoms with Gasteiger partial charge in [0.25, 0.3) is 0 Å². The monoisotopic (exact) mass is 1140 g/mol. The summed E-state index contributed by atoms with van der Waals surface area (Å²) in [6.45, 7) is 4.19. The molecule has 0 aromatic heterocycles. The van der Waals surface area contributed by atoms with Crippen LogP contribution in [-0.4, -0.2) is 34.9 Å². The van der Waals surface area contributed by atoms with Gasteiger partial charge in [0, 0.05) is 6.42 Å². The van der Waals surface area contributed by atoms with Crippen LogP contribution in [0.1, 0.15) is 316 Å². The van der Waals surface area contributed by atoms with Gasteiger partial charge in [0.1, 0.15) is 0 Å². The van der Waals surface area contributed by atoms with E-state index in [0.29, 0.717) is 6.42 Å². The van der Waals surface area contributed by atoms with E-state index in [0.717, 1.165) is 109 Å². The first-order valence-electron chi connectivity index (χ1n) is 35.2. The molecule has 2 unspecified atom stereocenters. The Kier molecular flexibility index (Phi) is 68.8. The van der Waals surface area contributed by atoms with Gasteiger partial charge in [0.2, 0.25) is 5.91 Å². The summed E-state index contributed by atoms with van der Waals surface area (Å²) in [6, 6.07) is -0.660. The summed E-state index contributed by atoms with van der Waals surface area (Å²) in [4.78, 5) is 12.5. The molecular weight excluding hydrogens is 1010 g/mol. The predicted octanol–water partition coefficient (Wildman–Crippen LogP) is 24.4. The summed E-state index contributed by atoms with van der Waals surface area (Å²) in [6.07, 6.45) is 115. The Bertz CT molecular complexity index is 1730. The molecule has 0 aliphatic heterocycles. The molecule has 83 heavy (non-hydrogen) atoms. The van der Waals surface area contributed by atoms with Crippen LogP contribution >= 0.6 is 0 Å². The third-order valence-corrected chi connectivity index (χ3v) is 15.3. The molecule has 472 valence electrons. The minimum atomic E-state index is -0.872. The summed E-state index contributed by atoms with van der Waals surface area (Å²) in [7, 11) is 0. The fourth-order valence-electron chi connectivity index (χ4n) is 9.99. The molecule has 0 aliphatic rings. The minimum Gasteiger partial charge on any atom is -0.394 e. The van der Waals surface area contributed by atoms with Gasteiger partial charge in [-0.25, -0.2) is 0 Å². The molecule has 0 rings (SSSR count). The van der Waals surface area contributed by atoms with Gasteiger partial charge in [-0.05, 0) is 109 Å². The number of allylic oxidation sites excluding steroid dienone is 25. The average Bonchev–Trinajstić information content (AvgIpc) is 3.51. The molecule has 3 N–H and O–H groups in total. The Balaban J connectivity index is 3.64. The van der Waals surface area contributed by atoms with Gasteiger partial charge in [-0.15, -0.1) is 0 Å². The second kappa shape index (κ2) is 72.3. The fraction of sp³-hybridized carbons (Fsp3) is 0.658. The number of hydrogen-bond acceptors (Lipinski definition) is 3. The van der Waals surface area contributed by atoms with E-state index in [2.05, 4.69) is 165 Å². The van der Waals surface area contributed by atoms with Gasteiger partial charge in [0.05, 0.1) is 18.8 Å². The number of hydrogen-bond donors (Lipinski definition) is 3. The quantitative estimate of drug-likeness (QED) is 0.0420. The smallest absolute Gasteiger partial charge is 0.220 e. The molecule has 0 aromatic rings. The number of amides is 1. The lowest BCUT2D eigenvalue weighted by molar-refractivity contribution is -0.123. The topological polar surface area (TPSA) is 69.6 Å². The third-order valence-electron chi connectivity index (χ3n) is 15.3. The van der Waals surface area contributed by atoms with E-state index >= 15 is 0 Å². The van der Waals surface area contributed by atoms with Crippen LogP contribution in [0.25, 0.3) is 0 Å². The molecule has 0 saturated carbocycles. The number of aliphatic hydroxyl groups excluding tert-OH is 2. The van der Waals surface area contributed by atoms with Crippen LogP contribution in [0.5, 0.6) is 0 Å². The number of carbonyl (C=O) groups is 1. The number of nitrogens with one attached hydrogen (secondary N) is 1. The molecule has 4 heteroatoms. The third kappa shape index (κ3) is 68.7. The number of unbranched alkanes of at least 4 members (excludes halogenated alkanes) is 32. The van der Waals surface area contributed by atoms with Crippen molar-refractivity contribution >= 4 is 5.91 Å². The summed E-state index contributed by atoms with van der Waals surface area (Å²) < 4.78 is 0.